The molecule has 0 fully saturated rings. The molecule has 1 amide bonds. The Kier molecular flexibility index (Phi) is 3.31. The summed E-state index contributed by atoms with van der Waals surface area (Å²) in [6, 6.07) is 13.4. The van der Waals surface area contributed by atoms with Crippen LogP contribution in [0.15, 0.2) is 42.5 Å². The number of anilines is 2. The molecule has 0 radical (unpaired) electrons. The monoisotopic (exact) mass is 280 g/mol. The molecule has 1 heterocycles. The van der Waals surface area contributed by atoms with Gasteiger partial charge in [0.05, 0.1) is 16.6 Å². The topological polar surface area (TPSA) is 69.8 Å². The van der Waals surface area contributed by atoms with Gasteiger partial charge in [0.25, 0.3) is 5.91 Å². The van der Waals surface area contributed by atoms with Gasteiger partial charge >= 0.3 is 0 Å². The molecule has 1 aromatic heterocycles. The molecule has 3 N–H and O–H groups in total. The van der Waals surface area contributed by atoms with Gasteiger partial charge in [0, 0.05) is 12.7 Å². The van der Waals surface area contributed by atoms with Gasteiger partial charge in [-0.05, 0) is 31.2 Å². The number of aromatic nitrogens is 2. The third-order valence-corrected chi connectivity index (χ3v) is 3.31. The van der Waals surface area contributed by atoms with Crippen molar-refractivity contribution in [3.63, 3.8) is 0 Å². The van der Waals surface area contributed by atoms with Crippen LogP contribution in [0.3, 0.4) is 0 Å². The van der Waals surface area contributed by atoms with Crippen LogP contribution in [-0.4, -0.2) is 22.9 Å². The van der Waals surface area contributed by atoms with Gasteiger partial charge < -0.3 is 10.3 Å². The van der Waals surface area contributed by atoms with Gasteiger partial charge in [-0.1, -0.05) is 23.8 Å². The number of para-hydroxylation sites is 2. The van der Waals surface area contributed by atoms with Crippen molar-refractivity contribution < 1.29 is 4.79 Å². The predicted octanol–water partition coefficient (Wildman–Crippen LogP) is 3.17. The van der Waals surface area contributed by atoms with Crippen molar-refractivity contribution >= 4 is 28.6 Å². The smallest absolute Gasteiger partial charge is 0.260 e. The van der Waals surface area contributed by atoms with E-state index in [9.17, 15) is 4.79 Å². The quantitative estimate of drug-likeness (QED) is 0.690. The third-order valence-electron chi connectivity index (χ3n) is 3.31. The Morgan fingerprint density at radius 2 is 2.00 bits per heavy atom. The minimum atomic E-state index is -0.192. The number of imidazole rings is 1. The molecule has 0 saturated heterocycles. The molecule has 0 aliphatic rings. The lowest BCUT2D eigenvalue weighted by Crippen LogP contribution is -2.15. The standard InChI is InChI=1S/C16H16N4O/c1-10-7-8-12(17-2)11(9-10)15(21)20-16-18-13-5-3-4-6-14(13)19-16/h3-9,17H,1-2H3,(H2,18,19,20,21). The van der Waals surface area contributed by atoms with Crippen LogP contribution in [0.4, 0.5) is 11.6 Å². The van der Waals surface area contributed by atoms with Gasteiger partial charge in [-0.3, -0.25) is 10.1 Å². The Labute approximate surface area is 122 Å². The molecule has 5 heteroatoms. The van der Waals surface area contributed by atoms with E-state index < -0.39 is 0 Å². The Bertz CT molecular complexity index is 774. The zero-order chi connectivity index (χ0) is 14.8. The summed E-state index contributed by atoms with van der Waals surface area (Å²) in [7, 11) is 1.79. The first-order valence-corrected chi connectivity index (χ1v) is 6.72. The first-order valence-electron chi connectivity index (χ1n) is 6.72. The van der Waals surface area contributed by atoms with Crippen LogP contribution in [0.2, 0.25) is 0 Å². The molecule has 5 nitrogen and oxygen atoms in total. The van der Waals surface area contributed by atoms with E-state index in [1.807, 2.05) is 49.4 Å². The summed E-state index contributed by atoms with van der Waals surface area (Å²) in [6.45, 7) is 1.96. The fourth-order valence-electron chi connectivity index (χ4n) is 2.25. The van der Waals surface area contributed by atoms with Crippen LogP contribution in [0.5, 0.6) is 0 Å². The molecule has 21 heavy (non-hydrogen) atoms. The number of rotatable bonds is 3. The van der Waals surface area contributed by atoms with Gasteiger partial charge in [0.2, 0.25) is 5.95 Å². The van der Waals surface area contributed by atoms with Crippen LogP contribution in [-0.2, 0) is 0 Å². The van der Waals surface area contributed by atoms with E-state index in [0.29, 0.717) is 11.5 Å². The maximum Gasteiger partial charge on any atom is 0.260 e. The normalized spacial score (nSPS) is 10.6. The molecule has 0 bridgehead atoms. The number of aryl methyl sites for hydroxylation is 1. The third kappa shape index (κ3) is 2.58. The van der Waals surface area contributed by atoms with Gasteiger partial charge in [-0.25, -0.2) is 4.98 Å². The summed E-state index contributed by atoms with van der Waals surface area (Å²) < 4.78 is 0. The van der Waals surface area contributed by atoms with Crippen LogP contribution in [0, 0.1) is 6.92 Å². The van der Waals surface area contributed by atoms with E-state index in [1.54, 1.807) is 7.05 Å². The molecular formula is C16H16N4O. The summed E-state index contributed by atoms with van der Waals surface area (Å²) >= 11 is 0. The van der Waals surface area contributed by atoms with Crippen molar-refractivity contribution in [1.82, 2.24) is 9.97 Å². The summed E-state index contributed by atoms with van der Waals surface area (Å²) in [5.74, 6) is 0.256. The summed E-state index contributed by atoms with van der Waals surface area (Å²) in [5.41, 5.74) is 4.13. The highest BCUT2D eigenvalue weighted by Crippen LogP contribution is 2.19. The van der Waals surface area contributed by atoms with Crippen molar-refractivity contribution in [2.75, 3.05) is 17.7 Å². The highest BCUT2D eigenvalue weighted by Gasteiger charge is 2.13. The minimum absolute atomic E-state index is 0.192. The number of amides is 1. The van der Waals surface area contributed by atoms with Crippen LogP contribution < -0.4 is 10.6 Å². The van der Waals surface area contributed by atoms with Crippen LogP contribution in [0.1, 0.15) is 15.9 Å². The van der Waals surface area contributed by atoms with Gasteiger partial charge in [0.15, 0.2) is 0 Å². The predicted molar refractivity (Wildman–Crippen MR) is 84.8 cm³/mol. The van der Waals surface area contributed by atoms with Crippen LogP contribution in [0.25, 0.3) is 11.0 Å². The number of nitrogens with one attached hydrogen (secondary N) is 3. The van der Waals surface area contributed by atoms with E-state index in [0.717, 1.165) is 22.3 Å². The number of H-pyrrole nitrogens is 1. The highest BCUT2D eigenvalue weighted by atomic mass is 16.1. The Hall–Kier alpha value is -2.82. The fraction of sp³-hybridized carbons (Fsp3) is 0.125. The van der Waals surface area contributed by atoms with E-state index >= 15 is 0 Å². The van der Waals surface area contributed by atoms with Crippen molar-refractivity contribution in [1.29, 1.82) is 0 Å². The number of carbonyl (C=O) groups is 1. The second-order valence-corrected chi connectivity index (χ2v) is 4.86. The SMILES string of the molecule is CNc1ccc(C)cc1C(=O)Nc1nc2ccccc2[nH]1. The Morgan fingerprint density at radius 1 is 1.19 bits per heavy atom. The van der Waals surface area contributed by atoms with E-state index in [-0.39, 0.29) is 5.91 Å². The number of fused-ring (bicyclic) bond motifs is 1. The van der Waals surface area contributed by atoms with E-state index in [2.05, 4.69) is 20.6 Å². The molecule has 0 atom stereocenters. The highest BCUT2D eigenvalue weighted by molar-refractivity contribution is 6.07. The lowest BCUT2D eigenvalue weighted by Gasteiger charge is -2.09. The second kappa shape index (κ2) is 5.28. The maximum absolute atomic E-state index is 12.4. The number of hydrogen-bond donors (Lipinski definition) is 3. The Balaban J connectivity index is 1.90. The number of hydrogen-bond acceptors (Lipinski definition) is 3. The molecule has 0 aliphatic heterocycles. The second-order valence-electron chi connectivity index (χ2n) is 4.86. The first-order chi connectivity index (χ1) is 10.2. The average Bonchev–Trinajstić information content (AvgIpc) is 2.89. The van der Waals surface area contributed by atoms with Crippen molar-refractivity contribution in [2.45, 2.75) is 6.92 Å². The fourth-order valence-corrected chi connectivity index (χ4v) is 2.25. The van der Waals surface area contributed by atoms with Crippen LogP contribution >= 0.6 is 0 Å². The maximum atomic E-state index is 12.4. The van der Waals surface area contributed by atoms with E-state index in [1.165, 1.54) is 0 Å². The number of carbonyl (C=O) groups excluding carboxylic acids is 1. The van der Waals surface area contributed by atoms with Gasteiger partial charge in [-0.15, -0.1) is 0 Å². The Morgan fingerprint density at radius 3 is 2.76 bits per heavy atom. The summed E-state index contributed by atoms with van der Waals surface area (Å²) in [6.07, 6.45) is 0. The zero-order valence-electron chi connectivity index (χ0n) is 11.9. The lowest BCUT2D eigenvalue weighted by atomic mass is 10.1. The number of nitrogens with zero attached hydrogens (tertiary/aromatic N) is 1. The summed E-state index contributed by atoms with van der Waals surface area (Å²) in [5, 5.41) is 5.83. The van der Waals surface area contributed by atoms with Gasteiger partial charge in [-0.2, -0.15) is 0 Å². The molecule has 2 aromatic carbocycles. The summed E-state index contributed by atoms with van der Waals surface area (Å²) in [4.78, 5) is 19.8. The largest absolute Gasteiger partial charge is 0.387 e. The van der Waals surface area contributed by atoms with Gasteiger partial charge in [0.1, 0.15) is 0 Å². The zero-order valence-corrected chi connectivity index (χ0v) is 11.9. The lowest BCUT2D eigenvalue weighted by molar-refractivity contribution is 0.102. The van der Waals surface area contributed by atoms with Crippen molar-refractivity contribution in [2.24, 2.45) is 0 Å². The van der Waals surface area contributed by atoms with Crippen molar-refractivity contribution in [3.05, 3.63) is 53.6 Å². The molecule has 106 valence electrons. The number of aromatic amines is 1. The van der Waals surface area contributed by atoms with Crippen molar-refractivity contribution in [3.8, 4) is 0 Å². The minimum Gasteiger partial charge on any atom is -0.387 e. The molecule has 3 rings (SSSR count). The molecule has 0 spiro atoms. The molecule has 3 aromatic rings. The molecule has 0 unspecified atom stereocenters. The molecule has 0 saturated carbocycles. The average molecular weight is 280 g/mol. The first kappa shape index (κ1) is 13.2. The number of benzene rings is 2. The molecular weight excluding hydrogens is 264 g/mol. The van der Waals surface area contributed by atoms with E-state index in [4.69, 9.17) is 0 Å². The molecule has 0 aliphatic carbocycles.